The van der Waals surface area contributed by atoms with E-state index in [4.69, 9.17) is 0 Å². The van der Waals surface area contributed by atoms with Gasteiger partial charge in [0.25, 0.3) is 0 Å². The number of rotatable bonds is 5. The molecule has 0 aromatic carbocycles. The number of hydrogen-bond donors (Lipinski definition) is 1. The van der Waals surface area contributed by atoms with Crippen LogP contribution in [0.15, 0.2) is 0 Å². The van der Waals surface area contributed by atoms with E-state index in [-0.39, 0.29) is 6.04 Å². The third-order valence-corrected chi connectivity index (χ3v) is 3.73. The second kappa shape index (κ2) is 5.17. The Labute approximate surface area is 98.6 Å². The number of amides is 1. The summed E-state index contributed by atoms with van der Waals surface area (Å²) in [5.41, 5.74) is 0. The highest BCUT2D eigenvalue weighted by Gasteiger charge is 2.34. The lowest BCUT2D eigenvalue weighted by atomic mass is 10.0. The van der Waals surface area contributed by atoms with E-state index in [0.29, 0.717) is 18.0 Å². The summed E-state index contributed by atoms with van der Waals surface area (Å²) in [4.78, 5) is 14.4. The highest BCUT2D eigenvalue weighted by Crippen LogP contribution is 2.23. The van der Waals surface area contributed by atoms with Gasteiger partial charge in [0.1, 0.15) is 0 Å². The van der Waals surface area contributed by atoms with Crippen LogP contribution in [0.5, 0.6) is 0 Å². The molecule has 1 aliphatic heterocycles. The van der Waals surface area contributed by atoms with Crippen molar-refractivity contribution >= 4 is 5.91 Å². The molecule has 16 heavy (non-hydrogen) atoms. The van der Waals surface area contributed by atoms with Crippen molar-refractivity contribution in [2.75, 3.05) is 6.54 Å². The van der Waals surface area contributed by atoms with Gasteiger partial charge in [0.05, 0.1) is 6.04 Å². The molecule has 2 rings (SSSR count). The number of nitrogens with zero attached hydrogens (tertiary/aromatic N) is 1. The largest absolute Gasteiger partial charge is 0.339 e. The van der Waals surface area contributed by atoms with Gasteiger partial charge in [0.15, 0.2) is 0 Å². The van der Waals surface area contributed by atoms with Crippen LogP contribution in [0, 0.1) is 0 Å². The van der Waals surface area contributed by atoms with Gasteiger partial charge in [-0.25, -0.2) is 0 Å². The van der Waals surface area contributed by atoms with Crippen LogP contribution >= 0.6 is 0 Å². The van der Waals surface area contributed by atoms with Crippen LogP contribution in [0.3, 0.4) is 0 Å². The van der Waals surface area contributed by atoms with Crippen LogP contribution < -0.4 is 5.32 Å². The molecule has 2 unspecified atom stereocenters. The second-order valence-electron chi connectivity index (χ2n) is 5.31. The Morgan fingerprint density at radius 2 is 2.19 bits per heavy atom. The van der Waals surface area contributed by atoms with E-state index in [1.165, 1.54) is 12.8 Å². The molecule has 92 valence electrons. The third kappa shape index (κ3) is 2.76. The molecule has 0 aromatic heterocycles. The first-order valence-electron chi connectivity index (χ1n) is 6.79. The van der Waals surface area contributed by atoms with Gasteiger partial charge in [-0.05, 0) is 39.0 Å². The van der Waals surface area contributed by atoms with Crippen molar-refractivity contribution in [3.8, 4) is 0 Å². The highest BCUT2D eigenvalue weighted by atomic mass is 16.2. The van der Waals surface area contributed by atoms with E-state index in [2.05, 4.69) is 24.1 Å². The number of carbonyl (C=O) groups is 1. The van der Waals surface area contributed by atoms with Crippen molar-refractivity contribution in [1.29, 1.82) is 0 Å². The molecule has 3 nitrogen and oxygen atoms in total. The van der Waals surface area contributed by atoms with Gasteiger partial charge in [0.2, 0.25) is 5.91 Å². The maximum absolute atomic E-state index is 12.3. The van der Waals surface area contributed by atoms with Gasteiger partial charge >= 0.3 is 0 Å². The second-order valence-corrected chi connectivity index (χ2v) is 5.31. The van der Waals surface area contributed by atoms with E-state index in [1.807, 2.05) is 0 Å². The van der Waals surface area contributed by atoms with Crippen LogP contribution in [-0.2, 0) is 4.79 Å². The summed E-state index contributed by atoms with van der Waals surface area (Å²) in [5, 5.41) is 3.48. The van der Waals surface area contributed by atoms with Crippen LogP contribution in [-0.4, -0.2) is 35.5 Å². The molecule has 0 spiro atoms. The Bertz CT molecular complexity index is 250. The fourth-order valence-electron chi connectivity index (χ4n) is 2.60. The predicted molar refractivity (Wildman–Crippen MR) is 65.3 cm³/mol. The quantitative estimate of drug-likeness (QED) is 0.774. The zero-order chi connectivity index (χ0) is 11.5. The Hall–Kier alpha value is -0.570. The highest BCUT2D eigenvalue weighted by molar-refractivity contribution is 5.83. The Balaban J connectivity index is 1.89. The monoisotopic (exact) mass is 224 g/mol. The number of piperidine rings is 1. The minimum absolute atomic E-state index is 0.112. The molecule has 1 saturated carbocycles. The molecule has 1 amide bonds. The smallest absolute Gasteiger partial charge is 0.239 e. The van der Waals surface area contributed by atoms with E-state index in [9.17, 15) is 4.79 Å². The fourth-order valence-corrected chi connectivity index (χ4v) is 2.60. The van der Waals surface area contributed by atoms with Crippen LogP contribution in [0.25, 0.3) is 0 Å². The molecular formula is C13H24N2O. The van der Waals surface area contributed by atoms with Crippen molar-refractivity contribution in [3.05, 3.63) is 0 Å². The summed E-state index contributed by atoms with van der Waals surface area (Å²) in [6.07, 6.45) is 6.99. The maximum atomic E-state index is 12.3. The maximum Gasteiger partial charge on any atom is 0.239 e. The van der Waals surface area contributed by atoms with Crippen molar-refractivity contribution < 1.29 is 4.79 Å². The lowest BCUT2D eigenvalue weighted by Gasteiger charge is -2.37. The first kappa shape index (κ1) is 11.9. The first-order valence-corrected chi connectivity index (χ1v) is 6.79. The summed E-state index contributed by atoms with van der Waals surface area (Å²) < 4.78 is 0. The molecule has 0 radical (unpaired) electrons. The minimum Gasteiger partial charge on any atom is -0.339 e. The van der Waals surface area contributed by atoms with Gasteiger partial charge in [-0.2, -0.15) is 0 Å². The number of carbonyl (C=O) groups excluding carboxylic acids is 1. The van der Waals surface area contributed by atoms with E-state index in [0.717, 1.165) is 32.2 Å². The molecule has 2 fully saturated rings. The summed E-state index contributed by atoms with van der Waals surface area (Å²) in [7, 11) is 0. The van der Waals surface area contributed by atoms with E-state index < -0.39 is 0 Å². The summed E-state index contributed by atoms with van der Waals surface area (Å²) in [6.45, 7) is 5.33. The zero-order valence-electron chi connectivity index (χ0n) is 10.5. The average molecular weight is 224 g/mol. The number of nitrogens with one attached hydrogen (secondary N) is 1. The van der Waals surface area contributed by atoms with E-state index >= 15 is 0 Å². The molecule has 1 aliphatic carbocycles. The van der Waals surface area contributed by atoms with Crippen molar-refractivity contribution in [2.45, 2.75) is 70.5 Å². The molecular weight excluding hydrogens is 200 g/mol. The Morgan fingerprint density at radius 3 is 2.81 bits per heavy atom. The SMILES string of the molecule is CCCC(C)N1CCCC(NC2CC2)C1=O. The fraction of sp³-hybridized carbons (Fsp3) is 0.923. The minimum atomic E-state index is 0.112. The Morgan fingerprint density at radius 1 is 1.44 bits per heavy atom. The number of hydrogen-bond acceptors (Lipinski definition) is 2. The molecule has 1 saturated heterocycles. The third-order valence-electron chi connectivity index (χ3n) is 3.73. The lowest BCUT2D eigenvalue weighted by Crippen LogP contribution is -2.53. The molecule has 0 aromatic rings. The standard InChI is InChI=1S/C13H24N2O/c1-3-5-10(2)15-9-4-6-12(13(15)16)14-11-7-8-11/h10-12,14H,3-9H2,1-2H3. The molecule has 2 atom stereocenters. The topological polar surface area (TPSA) is 32.3 Å². The van der Waals surface area contributed by atoms with Gasteiger partial charge in [-0.3, -0.25) is 4.79 Å². The predicted octanol–water partition coefficient (Wildman–Crippen LogP) is 1.92. The number of likely N-dealkylation sites (tertiary alicyclic amines) is 1. The summed E-state index contributed by atoms with van der Waals surface area (Å²) in [5.74, 6) is 0.346. The van der Waals surface area contributed by atoms with Gasteiger partial charge < -0.3 is 10.2 Å². The molecule has 0 bridgehead atoms. The molecule has 3 heteroatoms. The van der Waals surface area contributed by atoms with Crippen LogP contribution in [0.2, 0.25) is 0 Å². The first-order chi connectivity index (χ1) is 7.72. The van der Waals surface area contributed by atoms with Crippen LogP contribution in [0.4, 0.5) is 0 Å². The normalized spacial score (nSPS) is 28.2. The zero-order valence-corrected chi connectivity index (χ0v) is 10.5. The average Bonchev–Trinajstić information content (AvgIpc) is 3.05. The van der Waals surface area contributed by atoms with Crippen molar-refractivity contribution in [3.63, 3.8) is 0 Å². The van der Waals surface area contributed by atoms with E-state index in [1.54, 1.807) is 0 Å². The molecule has 1 heterocycles. The van der Waals surface area contributed by atoms with Gasteiger partial charge in [-0.15, -0.1) is 0 Å². The summed E-state index contributed by atoms with van der Waals surface area (Å²) in [6, 6.07) is 1.16. The van der Waals surface area contributed by atoms with Crippen molar-refractivity contribution in [1.82, 2.24) is 10.2 Å². The van der Waals surface area contributed by atoms with Crippen molar-refractivity contribution in [2.24, 2.45) is 0 Å². The Kier molecular flexibility index (Phi) is 3.85. The summed E-state index contributed by atoms with van der Waals surface area (Å²) >= 11 is 0. The lowest BCUT2D eigenvalue weighted by molar-refractivity contribution is -0.138. The molecule has 2 aliphatic rings. The van der Waals surface area contributed by atoms with Gasteiger partial charge in [-0.1, -0.05) is 13.3 Å². The van der Waals surface area contributed by atoms with Crippen LogP contribution in [0.1, 0.15) is 52.4 Å². The molecule has 1 N–H and O–H groups in total. The van der Waals surface area contributed by atoms with Gasteiger partial charge in [0, 0.05) is 18.6 Å².